The first-order valence-corrected chi connectivity index (χ1v) is 6.48. The Hall–Kier alpha value is -1.60. The van der Waals surface area contributed by atoms with Crippen LogP contribution in [0.4, 0.5) is 5.69 Å². The largest absolute Gasteiger partial charge is 0.369 e. The number of hydrogen-bond acceptors (Lipinski definition) is 4. The first-order chi connectivity index (χ1) is 8.62. The molecular weight excluding hydrogens is 224 g/mol. The Balaban J connectivity index is 2.79. The van der Waals surface area contributed by atoms with Crippen molar-refractivity contribution >= 4 is 5.69 Å². The van der Waals surface area contributed by atoms with E-state index < -0.39 is 0 Å². The predicted octanol–water partition coefficient (Wildman–Crippen LogP) is 2.48. The van der Waals surface area contributed by atoms with Crippen LogP contribution in [0.25, 0.3) is 0 Å². The highest BCUT2D eigenvalue weighted by atomic mass is 15.1. The van der Waals surface area contributed by atoms with Gasteiger partial charge in [0.1, 0.15) is 0 Å². The number of anilines is 1. The minimum atomic E-state index is 0.00663. The van der Waals surface area contributed by atoms with E-state index in [-0.39, 0.29) is 12.0 Å². The average molecular weight is 246 g/mol. The molecule has 98 valence electrons. The Labute approximate surface area is 109 Å². The zero-order valence-electron chi connectivity index (χ0n) is 11.4. The molecule has 4 heteroatoms. The molecule has 2 N–H and O–H groups in total. The molecule has 0 aliphatic carbocycles. The van der Waals surface area contributed by atoms with Crippen LogP contribution < -0.4 is 10.6 Å². The van der Waals surface area contributed by atoms with Gasteiger partial charge in [-0.05, 0) is 32.4 Å². The second-order valence-corrected chi connectivity index (χ2v) is 4.52. The molecular formula is C14H22N4. The van der Waals surface area contributed by atoms with Crippen molar-refractivity contribution in [2.75, 3.05) is 18.0 Å². The summed E-state index contributed by atoms with van der Waals surface area (Å²) in [6.45, 7) is 7.65. The average Bonchev–Trinajstić information content (AvgIpc) is 2.43. The van der Waals surface area contributed by atoms with Crippen molar-refractivity contribution in [3.8, 4) is 6.07 Å². The molecule has 1 unspecified atom stereocenters. The van der Waals surface area contributed by atoms with E-state index in [4.69, 9.17) is 11.0 Å². The summed E-state index contributed by atoms with van der Waals surface area (Å²) >= 11 is 0. The predicted molar refractivity (Wildman–Crippen MR) is 74.1 cm³/mol. The summed E-state index contributed by atoms with van der Waals surface area (Å²) in [6, 6.07) is 6.27. The lowest BCUT2D eigenvalue weighted by atomic mass is 10.1. The maximum absolute atomic E-state index is 8.87. The van der Waals surface area contributed by atoms with Gasteiger partial charge in [-0.1, -0.05) is 6.92 Å². The van der Waals surface area contributed by atoms with E-state index in [9.17, 15) is 0 Å². The van der Waals surface area contributed by atoms with E-state index in [2.05, 4.69) is 22.9 Å². The van der Waals surface area contributed by atoms with Gasteiger partial charge in [0.25, 0.3) is 0 Å². The summed E-state index contributed by atoms with van der Waals surface area (Å²) in [6.07, 6.45) is 2.73. The van der Waals surface area contributed by atoms with Crippen LogP contribution in [-0.4, -0.2) is 18.1 Å². The third-order valence-electron chi connectivity index (χ3n) is 3.05. The molecule has 1 aromatic heterocycles. The van der Waals surface area contributed by atoms with Gasteiger partial charge in [0.05, 0.1) is 29.6 Å². The molecule has 0 spiro atoms. The van der Waals surface area contributed by atoms with Gasteiger partial charge in [-0.3, -0.25) is 4.98 Å². The first kappa shape index (κ1) is 14.5. The van der Waals surface area contributed by atoms with Crippen molar-refractivity contribution < 1.29 is 0 Å². The molecule has 1 aromatic rings. The highest BCUT2D eigenvalue weighted by Gasteiger charge is 2.10. The minimum absolute atomic E-state index is 0.00663. The van der Waals surface area contributed by atoms with E-state index >= 15 is 0 Å². The minimum Gasteiger partial charge on any atom is -0.369 e. The van der Waals surface area contributed by atoms with Gasteiger partial charge in [0.15, 0.2) is 0 Å². The number of nitrogens with two attached hydrogens (primary N) is 1. The Morgan fingerprint density at radius 3 is 2.61 bits per heavy atom. The van der Waals surface area contributed by atoms with Gasteiger partial charge in [-0.2, -0.15) is 5.26 Å². The monoisotopic (exact) mass is 246 g/mol. The lowest BCUT2D eigenvalue weighted by Crippen LogP contribution is -2.28. The van der Waals surface area contributed by atoms with E-state index in [1.807, 2.05) is 32.2 Å². The summed E-state index contributed by atoms with van der Waals surface area (Å²) < 4.78 is 0. The number of pyridine rings is 1. The van der Waals surface area contributed by atoms with Gasteiger partial charge in [0, 0.05) is 19.1 Å². The van der Waals surface area contributed by atoms with E-state index in [0.717, 1.165) is 30.9 Å². The van der Waals surface area contributed by atoms with Crippen molar-refractivity contribution in [3.05, 3.63) is 24.0 Å². The van der Waals surface area contributed by atoms with Crippen LogP contribution in [0.5, 0.6) is 0 Å². The fourth-order valence-electron chi connectivity index (χ4n) is 1.80. The van der Waals surface area contributed by atoms with Crippen molar-refractivity contribution in [1.82, 2.24) is 4.98 Å². The fraction of sp³-hybridized carbons (Fsp3) is 0.571. The molecule has 1 rings (SSSR count). The SMILES string of the molecule is CC[C@@H](N)c1ccc(N(CC)CC(C)C#N)cn1. The topological polar surface area (TPSA) is 65.9 Å². The molecule has 0 aromatic carbocycles. The molecule has 0 aliphatic rings. The van der Waals surface area contributed by atoms with Crippen LogP contribution >= 0.6 is 0 Å². The molecule has 0 bridgehead atoms. The number of rotatable bonds is 6. The van der Waals surface area contributed by atoms with Crippen LogP contribution in [0.1, 0.15) is 38.9 Å². The normalized spacial score (nSPS) is 13.7. The zero-order valence-corrected chi connectivity index (χ0v) is 11.4. The third-order valence-corrected chi connectivity index (χ3v) is 3.05. The molecule has 0 radical (unpaired) electrons. The Kier molecular flexibility index (Phi) is 5.60. The summed E-state index contributed by atoms with van der Waals surface area (Å²) in [5.41, 5.74) is 7.91. The van der Waals surface area contributed by atoms with Gasteiger partial charge in [0.2, 0.25) is 0 Å². The molecule has 18 heavy (non-hydrogen) atoms. The summed E-state index contributed by atoms with van der Waals surface area (Å²) in [5.74, 6) is 0.0162. The van der Waals surface area contributed by atoms with Crippen molar-refractivity contribution in [2.45, 2.75) is 33.2 Å². The maximum Gasteiger partial charge on any atom is 0.0671 e. The Bertz CT molecular complexity index is 393. The molecule has 2 atom stereocenters. The lowest BCUT2D eigenvalue weighted by Gasteiger charge is -2.24. The van der Waals surface area contributed by atoms with Crippen LogP contribution in [0, 0.1) is 17.2 Å². The summed E-state index contributed by atoms with van der Waals surface area (Å²) in [7, 11) is 0. The smallest absolute Gasteiger partial charge is 0.0671 e. The number of aromatic nitrogens is 1. The molecule has 0 aliphatic heterocycles. The highest BCUT2D eigenvalue weighted by Crippen LogP contribution is 2.17. The quantitative estimate of drug-likeness (QED) is 0.837. The van der Waals surface area contributed by atoms with Crippen LogP contribution in [0.2, 0.25) is 0 Å². The Morgan fingerprint density at radius 2 is 2.17 bits per heavy atom. The summed E-state index contributed by atoms with van der Waals surface area (Å²) in [5, 5.41) is 8.87. The third kappa shape index (κ3) is 3.71. The molecule has 0 amide bonds. The zero-order chi connectivity index (χ0) is 13.5. The highest BCUT2D eigenvalue weighted by molar-refractivity contribution is 5.44. The first-order valence-electron chi connectivity index (χ1n) is 6.48. The summed E-state index contributed by atoms with van der Waals surface area (Å²) in [4.78, 5) is 6.56. The van der Waals surface area contributed by atoms with Crippen molar-refractivity contribution in [3.63, 3.8) is 0 Å². The molecule has 4 nitrogen and oxygen atoms in total. The van der Waals surface area contributed by atoms with Gasteiger partial charge in [-0.15, -0.1) is 0 Å². The maximum atomic E-state index is 8.87. The van der Waals surface area contributed by atoms with E-state index in [1.165, 1.54) is 0 Å². The molecule has 0 saturated heterocycles. The van der Waals surface area contributed by atoms with Gasteiger partial charge in [-0.25, -0.2) is 0 Å². The Morgan fingerprint density at radius 1 is 1.44 bits per heavy atom. The standard InChI is InChI=1S/C14H22N4/c1-4-13(16)14-7-6-12(9-17-14)18(5-2)10-11(3)8-15/h6-7,9,11,13H,4-5,10,16H2,1-3H3/t11?,13-/m1/s1. The van der Waals surface area contributed by atoms with Gasteiger partial charge < -0.3 is 10.6 Å². The van der Waals surface area contributed by atoms with Crippen LogP contribution in [0.15, 0.2) is 18.3 Å². The van der Waals surface area contributed by atoms with Crippen LogP contribution in [-0.2, 0) is 0 Å². The van der Waals surface area contributed by atoms with E-state index in [0.29, 0.717) is 0 Å². The lowest BCUT2D eigenvalue weighted by molar-refractivity contribution is 0.668. The van der Waals surface area contributed by atoms with E-state index in [1.54, 1.807) is 0 Å². The van der Waals surface area contributed by atoms with Gasteiger partial charge >= 0.3 is 0 Å². The van der Waals surface area contributed by atoms with Crippen molar-refractivity contribution in [2.24, 2.45) is 11.7 Å². The number of hydrogen-bond donors (Lipinski definition) is 1. The van der Waals surface area contributed by atoms with Crippen molar-refractivity contribution in [1.29, 1.82) is 5.26 Å². The molecule has 0 saturated carbocycles. The number of nitrogens with zero attached hydrogens (tertiary/aromatic N) is 3. The van der Waals surface area contributed by atoms with Crippen LogP contribution in [0.3, 0.4) is 0 Å². The molecule has 0 fully saturated rings. The molecule has 1 heterocycles. The number of nitriles is 1. The fourth-order valence-corrected chi connectivity index (χ4v) is 1.80. The second-order valence-electron chi connectivity index (χ2n) is 4.52. The second kappa shape index (κ2) is 6.97.